The molecule has 4 aromatic carbocycles. The summed E-state index contributed by atoms with van der Waals surface area (Å²) in [6.07, 6.45) is 0.486. The Morgan fingerprint density at radius 3 is 1.96 bits per heavy atom. The van der Waals surface area contributed by atoms with Crippen LogP contribution in [0.1, 0.15) is 59.6 Å². The number of furan rings is 1. The van der Waals surface area contributed by atoms with E-state index in [-0.39, 0.29) is 23.0 Å². The Morgan fingerprint density at radius 2 is 1.37 bits per heavy atom. The van der Waals surface area contributed by atoms with E-state index in [0.717, 1.165) is 28.0 Å². The second kappa shape index (κ2) is 13.5. The predicted octanol–water partition coefficient (Wildman–Crippen LogP) is 9.87. The van der Waals surface area contributed by atoms with Crippen LogP contribution in [0.4, 0.5) is 0 Å². The Bertz CT molecular complexity index is 1850. The summed E-state index contributed by atoms with van der Waals surface area (Å²) in [4.78, 5) is 0. The zero-order valence-corrected chi connectivity index (χ0v) is 32.4. The van der Waals surface area contributed by atoms with Gasteiger partial charge in [-0.25, -0.2) is 0 Å². The minimum absolute atomic E-state index is 0.0282. The van der Waals surface area contributed by atoms with E-state index in [1.807, 2.05) is 18.2 Å². The number of fused-ring (bicyclic) bond motifs is 2. The molecular weight excluding hydrogens is 645 g/mol. The van der Waals surface area contributed by atoms with E-state index in [0.29, 0.717) is 30.1 Å². The summed E-state index contributed by atoms with van der Waals surface area (Å²) < 4.78 is 38.1. The topological polar surface area (TPSA) is 59.3 Å². The molecule has 2 heterocycles. The Kier molecular flexibility index (Phi) is 9.63. The van der Waals surface area contributed by atoms with Crippen molar-refractivity contribution in [2.75, 3.05) is 20.5 Å². The van der Waals surface area contributed by atoms with Gasteiger partial charge < -0.3 is 27.5 Å². The maximum absolute atomic E-state index is 7.36. The molecule has 1 atom stereocenters. The van der Waals surface area contributed by atoms with Gasteiger partial charge in [0.2, 0.25) is 6.79 Å². The highest BCUT2D eigenvalue weighted by Gasteiger charge is 2.50. The minimum Gasteiger partial charge on any atom is -0.493 e. The summed E-state index contributed by atoms with van der Waals surface area (Å²) in [5, 5.41) is 3.41. The van der Waals surface area contributed by atoms with E-state index in [1.165, 1.54) is 10.4 Å². The Balaban J connectivity index is 1.38. The first-order chi connectivity index (χ1) is 23.2. The lowest BCUT2D eigenvalue weighted by molar-refractivity contribution is 0.144. The SMILES string of the molecule is COc1cc(C(CCO[Si](c2ccccc2)(c2ccccc2)C(C)(C)C)O[Si](C)(C)C(C)(C)C)cc2cc(-c3ccc4c(c3)OCO4)oc12. The molecule has 0 N–H and O–H groups in total. The number of methoxy groups -OCH3 is 1. The summed E-state index contributed by atoms with van der Waals surface area (Å²) in [5.74, 6) is 2.87. The Morgan fingerprint density at radius 1 is 0.735 bits per heavy atom. The smallest absolute Gasteiger partial charge is 0.261 e. The molecule has 0 bridgehead atoms. The molecule has 0 saturated heterocycles. The molecule has 49 heavy (non-hydrogen) atoms. The van der Waals surface area contributed by atoms with Crippen molar-refractivity contribution in [1.29, 1.82) is 0 Å². The normalized spacial score (nSPS) is 14.3. The highest BCUT2D eigenvalue weighted by atomic mass is 28.4. The lowest BCUT2D eigenvalue weighted by Gasteiger charge is -2.44. The van der Waals surface area contributed by atoms with E-state index >= 15 is 0 Å². The molecule has 0 radical (unpaired) electrons. The van der Waals surface area contributed by atoms with Crippen LogP contribution in [0, 0.1) is 0 Å². The van der Waals surface area contributed by atoms with E-state index in [4.69, 9.17) is 27.5 Å². The van der Waals surface area contributed by atoms with Crippen LogP contribution in [0.5, 0.6) is 17.2 Å². The predicted molar refractivity (Wildman–Crippen MR) is 204 cm³/mol. The third-order valence-electron chi connectivity index (χ3n) is 10.2. The van der Waals surface area contributed by atoms with Gasteiger partial charge in [-0.2, -0.15) is 0 Å². The van der Waals surface area contributed by atoms with Gasteiger partial charge in [0.25, 0.3) is 8.32 Å². The number of rotatable bonds is 11. The van der Waals surface area contributed by atoms with Gasteiger partial charge >= 0.3 is 0 Å². The largest absolute Gasteiger partial charge is 0.493 e. The van der Waals surface area contributed by atoms with Crippen LogP contribution in [-0.2, 0) is 8.85 Å². The first kappa shape index (κ1) is 35.0. The van der Waals surface area contributed by atoms with Gasteiger partial charge in [0.15, 0.2) is 31.1 Å². The fourth-order valence-electron chi connectivity index (χ4n) is 6.58. The van der Waals surface area contributed by atoms with Crippen molar-refractivity contribution in [2.24, 2.45) is 0 Å². The van der Waals surface area contributed by atoms with Crippen LogP contribution in [0.15, 0.2) is 101 Å². The molecule has 0 aliphatic carbocycles. The fourth-order valence-corrected chi connectivity index (χ4v) is 12.5. The summed E-state index contributed by atoms with van der Waals surface area (Å²) in [7, 11) is -3.22. The minimum atomic E-state index is -2.72. The third-order valence-corrected chi connectivity index (χ3v) is 19.7. The third kappa shape index (κ3) is 6.84. The van der Waals surface area contributed by atoms with Crippen LogP contribution in [0.3, 0.4) is 0 Å². The van der Waals surface area contributed by atoms with Crippen molar-refractivity contribution < 1.29 is 27.5 Å². The summed E-state index contributed by atoms with van der Waals surface area (Å²) in [6.45, 7) is 19.2. The molecule has 258 valence electrons. The van der Waals surface area contributed by atoms with E-state index in [1.54, 1.807) is 7.11 Å². The highest BCUT2D eigenvalue weighted by Crippen LogP contribution is 2.44. The summed E-state index contributed by atoms with van der Waals surface area (Å²) in [5.41, 5.74) is 2.67. The fraction of sp³-hybridized carbons (Fsp3) is 0.366. The monoisotopic (exact) mass is 694 g/mol. The van der Waals surface area contributed by atoms with Gasteiger partial charge in [0, 0.05) is 17.6 Å². The zero-order chi connectivity index (χ0) is 35.0. The average molecular weight is 695 g/mol. The van der Waals surface area contributed by atoms with E-state index < -0.39 is 16.6 Å². The van der Waals surface area contributed by atoms with Crippen molar-refractivity contribution in [2.45, 2.75) is 77.2 Å². The summed E-state index contributed by atoms with van der Waals surface area (Å²) >= 11 is 0. The molecule has 5 aromatic rings. The zero-order valence-electron chi connectivity index (χ0n) is 30.4. The van der Waals surface area contributed by atoms with Gasteiger partial charge in [-0.1, -0.05) is 102 Å². The van der Waals surface area contributed by atoms with Gasteiger partial charge in [-0.3, -0.25) is 0 Å². The first-order valence-electron chi connectivity index (χ1n) is 17.2. The van der Waals surface area contributed by atoms with Crippen molar-refractivity contribution in [1.82, 2.24) is 0 Å². The second-order valence-corrected chi connectivity index (χ2v) is 24.5. The van der Waals surface area contributed by atoms with E-state index in [2.05, 4.69) is 133 Å². The van der Waals surface area contributed by atoms with Crippen molar-refractivity contribution >= 4 is 38.0 Å². The maximum atomic E-state index is 7.36. The molecule has 8 heteroatoms. The molecule has 0 fully saturated rings. The van der Waals surface area contributed by atoms with Crippen LogP contribution in [-0.4, -0.2) is 37.1 Å². The highest BCUT2D eigenvalue weighted by molar-refractivity contribution is 6.99. The molecule has 6 nitrogen and oxygen atoms in total. The van der Waals surface area contributed by atoms with Gasteiger partial charge in [-0.15, -0.1) is 0 Å². The molecular formula is C41H50O6Si2. The van der Waals surface area contributed by atoms with Gasteiger partial charge in [-0.05, 0) is 81.9 Å². The number of benzene rings is 4. The van der Waals surface area contributed by atoms with Crippen LogP contribution in [0.2, 0.25) is 23.2 Å². The molecule has 1 unspecified atom stereocenters. The Labute approximate surface area is 293 Å². The number of hydrogen-bond donors (Lipinski definition) is 0. The second-order valence-electron chi connectivity index (χ2n) is 15.5. The number of ether oxygens (including phenoxy) is 3. The molecule has 1 aromatic heterocycles. The quantitative estimate of drug-likeness (QED) is 0.128. The van der Waals surface area contributed by atoms with Crippen LogP contribution in [0.25, 0.3) is 22.3 Å². The Hall–Kier alpha value is -3.83. The van der Waals surface area contributed by atoms with Crippen LogP contribution < -0.4 is 24.6 Å². The maximum Gasteiger partial charge on any atom is 0.261 e. The molecule has 1 aliphatic heterocycles. The van der Waals surface area contributed by atoms with Crippen molar-refractivity contribution in [3.63, 3.8) is 0 Å². The lowest BCUT2D eigenvalue weighted by atomic mass is 10.0. The molecule has 1 aliphatic rings. The van der Waals surface area contributed by atoms with Crippen molar-refractivity contribution in [3.05, 3.63) is 103 Å². The first-order valence-corrected chi connectivity index (χ1v) is 22.0. The molecule has 6 rings (SSSR count). The number of hydrogen-bond acceptors (Lipinski definition) is 6. The van der Waals surface area contributed by atoms with Gasteiger partial charge in [0.1, 0.15) is 5.76 Å². The van der Waals surface area contributed by atoms with Crippen molar-refractivity contribution in [3.8, 4) is 28.6 Å². The van der Waals surface area contributed by atoms with E-state index in [9.17, 15) is 0 Å². The molecule has 0 saturated carbocycles. The average Bonchev–Trinajstić information content (AvgIpc) is 3.72. The standard InChI is InChI=1S/C41H50O6Si2/c1-40(2,3)48(8,9)47-34(22-23-45-49(41(4,5)6,32-16-12-10-13-17-32)33-18-14-11-15-19-33)30-24-31-27-36(46-39(31)38(26-30)42-7)29-20-21-35-37(25-29)44-28-43-35/h10-21,24-27,34H,22-23,28H2,1-9H3. The molecule has 0 spiro atoms. The lowest BCUT2D eigenvalue weighted by Crippen LogP contribution is -2.66. The molecule has 0 amide bonds. The van der Waals surface area contributed by atoms with Crippen LogP contribution >= 0.6 is 0 Å². The summed E-state index contributed by atoms with van der Waals surface area (Å²) in [6, 6.07) is 33.8. The van der Waals surface area contributed by atoms with Gasteiger partial charge in [0.05, 0.1) is 13.2 Å².